The second-order valence-electron chi connectivity index (χ2n) is 5.61. The summed E-state index contributed by atoms with van der Waals surface area (Å²) in [5, 5.41) is 9.05. The van der Waals surface area contributed by atoms with E-state index < -0.39 is 5.97 Å². The van der Waals surface area contributed by atoms with E-state index in [-0.39, 0.29) is 18.4 Å². The lowest BCUT2D eigenvalue weighted by Crippen LogP contribution is -2.30. The molecule has 1 fully saturated rings. The van der Waals surface area contributed by atoms with Gasteiger partial charge in [0.2, 0.25) is 0 Å². The van der Waals surface area contributed by atoms with Crippen LogP contribution in [-0.4, -0.2) is 30.8 Å². The zero-order chi connectivity index (χ0) is 13.5. The predicted octanol–water partition coefficient (Wildman–Crippen LogP) is 2.27. The number of methoxy groups -OCH3 is 1. The van der Waals surface area contributed by atoms with Crippen molar-refractivity contribution in [2.45, 2.75) is 51.6 Å². The molecule has 0 bridgehead atoms. The summed E-state index contributed by atoms with van der Waals surface area (Å²) >= 11 is 0. The SMILES string of the molecule is COC1CCC(CCC(C)C(CN)C(=O)O)CC1. The summed E-state index contributed by atoms with van der Waals surface area (Å²) in [7, 11) is 1.78. The van der Waals surface area contributed by atoms with Crippen LogP contribution in [0.5, 0.6) is 0 Å². The van der Waals surface area contributed by atoms with Gasteiger partial charge in [0.25, 0.3) is 0 Å². The lowest BCUT2D eigenvalue weighted by Gasteiger charge is -2.29. The molecular weight excluding hydrogens is 230 g/mol. The second kappa shape index (κ2) is 7.74. The Hall–Kier alpha value is -0.610. The van der Waals surface area contributed by atoms with E-state index in [1.807, 2.05) is 6.92 Å². The molecule has 0 spiro atoms. The minimum absolute atomic E-state index is 0.174. The number of ether oxygens (including phenoxy) is 1. The minimum Gasteiger partial charge on any atom is -0.481 e. The van der Waals surface area contributed by atoms with Crippen molar-refractivity contribution in [3.8, 4) is 0 Å². The third-order valence-electron chi connectivity index (χ3n) is 4.42. The Balaban J connectivity index is 2.26. The molecule has 4 heteroatoms. The van der Waals surface area contributed by atoms with Crippen LogP contribution < -0.4 is 5.73 Å². The number of nitrogens with two attached hydrogens (primary N) is 1. The standard InChI is InChI=1S/C14H27NO3/c1-10(13(9-15)14(16)17)3-4-11-5-7-12(18-2)8-6-11/h10-13H,3-9,15H2,1-2H3,(H,16,17). The zero-order valence-corrected chi connectivity index (χ0v) is 11.6. The first-order valence-corrected chi connectivity index (χ1v) is 7.04. The molecule has 1 aliphatic rings. The highest BCUT2D eigenvalue weighted by molar-refractivity contribution is 5.70. The van der Waals surface area contributed by atoms with Gasteiger partial charge >= 0.3 is 5.97 Å². The first-order chi connectivity index (χ1) is 8.58. The van der Waals surface area contributed by atoms with Gasteiger partial charge in [0, 0.05) is 13.7 Å². The predicted molar refractivity (Wildman–Crippen MR) is 71.3 cm³/mol. The van der Waals surface area contributed by atoms with Crippen molar-refractivity contribution in [2.75, 3.05) is 13.7 Å². The fourth-order valence-electron chi connectivity index (χ4n) is 2.93. The molecule has 0 amide bonds. The maximum atomic E-state index is 11.0. The molecule has 0 aromatic rings. The van der Waals surface area contributed by atoms with Crippen LogP contribution in [0.15, 0.2) is 0 Å². The number of hydrogen-bond donors (Lipinski definition) is 2. The number of aliphatic carboxylic acids is 1. The highest BCUT2D eigenvalue weighted by Gasteiger charge is 2.25. The van der Waals surface area contributed by atoms with Gasteiger partial charge in [-0.25, -0.2) is 0 Å². The monoisotopic (exact) mass is 257 g/mol. The molecule has 1 saturated carbocycles. The van der Waals surface area contributed by atoms with Crippen LogP contribution in [0.25, 0.3) is 0 Å². The van der Waals surface area contributed by atoms with Crippen molar-refractivity contribution in [2.24, 2.45) is 23.5 Å². The van der Waals surface area contributed by atoms with Gasteiger partial charge in [0.15, 0.2) is 0 Å². The fraction of sp³-hybridized carbons (Fsp3) is 0.929. The molecule has 0 aliphatic heterocycles. The van der Waals surface area contributed by atoms with Gasteiger partial charge in [0.1, 0.15) is 0 Å². The molecule has 0 radical (unpaired) electrons. The molecular formula is C14H27NO3. The largest absolute Gasteiger partial charge is 0.481 e. The molecule has 0 saturated heterocycles. The molecule has 18 heavy (non-hydrogen) atoms. The van der Waals surface area contributed by atoms with Gasteiger partial charge in [-0.05, 0) is 43.9 Å². The number of rotatable bonds is 7. The van der Waals surface area contributed by atoms with E-state index in [4.69, 9.17) is 15.6 Å². The number of hydrogen-bond acceptors (Lipinski definition) is 3. The van der Waals surface area contributed by atoms with Crippen LogP contribution in [-0.2, 0) is 9.53 Å². The fourth-order valence-corrected chi connectivity index (χ4v) is 2.93. The van der Waals surface area contributed by atoms with Crippen LogP contribution in [0.1, 0.15) is 45.4 Å². The quantitative estimate of drug-likeness (QED) is 0.734. The first-order valence-electron chi connectivity index (χ1n) is 7.04. The van der Waals surface area contributed by atoms with Crippen molar-refractivity contribution in [1.82, 2.24) is 0 Å². The number of carboxylic acid groups (broad SMARTS) is 1. The molecule has 2 unspecified atom stereocenters. The third kappa shape index (κ3) is 4.58. The van der Waals surface area contributed by atoms with Gasteiger partial charge in [-0.2, -0.15) is 0 Å². The first kappa shape index (κ1) is 15.4. The Labute approximate surface area is 110 Å². The maximum Gasteiger partial charge on any atom is 0.308 e. The number of carbonyl (C=O) groups is 1. The highest BCUT2D eigenvalue weighted by atomic mass is 16.5. The molecule has 106 valence electrons. The Morgan fingerprint density at radius 2 is 2.00 bits per heavy atom. The lowest BCUT2D eigenvalue weighted by molar-refractivity contribution is -0.143. The summed E-state index contributed by atoms with van der Waals surface area (Å²) in [5.74, 6) is -0.230. The Morgan fingerprint density at radius 1 is 1.39 bits per heavy atom. The molecule has 0 aromatic heterocycles. The van der Waals surface area contributed by atoms with Crippen molar-refractivity contribution >= 4 is 5.97 Å². The Bertz CT molecular complexity index is 249. The molecule has 0 aromatic carbocycles. The summed E-state index contributed by atoms with van der Waals surface area (Å²) in [6, 6.07) is 0. The van der Waals surface area contributed by atoms with Crippen molar-refractivity contribution in [3.05, 3.63) is 0 Å². The van der Waals surface area contributed by atoms with Crippen molar-refractivity contribution < 1.29 is 14.6 Å². The van der Waals surface area contributed by atoms with Crippen LogP contribution in [0.3, 0.4) is 0 Å². The van der Waals surface area contributed by atoms with Crippen LogP contribution in [0.2, 0.25) is 0 Å². The molecule has 1 aliphatic carbocycles. The van der Waals surface area contributed by atoms with Gasteiger partial charge in [-0.15, -0.1) is 0 Å². The average molecular weight is 257 g/mol. The van der Waals surface area contributed by atoms with E-state index in [0.29, 0.717) is 6.10 Å². The van der Waals surface area contributed by atoms with Crippen LogP contribution >= 0.6 is 0 Å². The van der Waals surface area contributed by atoms with Gasteiger partial charge in [-0.1, -0.05) is 13.3 Å². The third-order valence-corrected chi connectivity index (χ3v) is 4.42. The molecule has 1 rings (SSSR count). The summed E-state index contributed by atoms with van der Waals surface area (Å²) in [6.45, 7) is 2.25. The lowest BCUT2D eigenvalue weighted by atomic mass is 9.81. The van der Waals surface area contributed by atoms with Crippen LogP contribution in [0, 0.1) is 17.8 Å². The van der Waals surface area contributed by atoms with E-state index in [2.05, 4.69) is 0 Å². The van der Waals surface area contributed by atoms with E-state index in [9.17, 15) is 4.79 Å². The average Bonchev–Trinajstić information content (AvgIpc) is 2.37. The van der Waals surface area contributed by atoms with Gasteiger partial charge in [0.05, 0.1) is 12.0 Å². The van der Waals surface area contributed by atoms with Crippen molar-refractivity contribution in [3.63, 3.8) is 0 Å². The maximum absolute atomic E-state index is 11.0. The van der Waals surface area contributed by atoms with E-state index in [1.165, 1.54) is 12.8 Å². The highest BCUT2D eigenvalue weighted by Crippen LogP contribution is 2.31. The van der Waals surface area contributed by atoms with Crippen molar-refractivity contribution in [1.29, 1.82) is 0 Å². The van der Waals surface area contributed by atoms with E-state index in [0.717, 1.165) is 31.6 Å². The van der Waals surface area contributed by atoms with E-state index >= 15 is 0 Å². The van der Waals surface area contributed by atoms with Crippen LogP contribution in [0.4, 0.5) is 0 Å². The second-order valence-corrected chi connectivity index (χ2v) is 5.61. The molecule has 4 nitrogen and oxygen atoms in total. The van der Waals surface area contributed by atoms with Gasteiger partial charge < -0.3 is 15.6 Å². The summed E-state index contributed by atoms with van der Waals surface area (Å²) in [5.41, 5.74) is 5.52. The molecule has 2 atom stereocenters. The number of carboxylic acids is 1. The van der Waals surface area contributed by atoms with Gasteiger partial charge in [-0.3, -0.25) is 4.79 Å². The minimum atomic E-state index is -0.756. The summed E-state index contributed by atoms with van der Waals surface area (Å²) < 4.78 is 5.36. The summed E-state index contributed by atoms with van der Waals surface area (Å²) in [6.07, 6.45) is 7.26. The normalized spacial score (nSPS) is 27.7. The molecule has 3 N–H and O–H groups in total. The smallest absolute Gasteiger partial charge is 0.308 e. The Morgan fingerprint density at radius 3 is 2.44 bits per heavy atom. The topological polar surface area (TPSA) is 72.5 Å². The summed E-state index contributed by atoms with van der Waals surface area (Å²) in [4.78, 5) is 11.0. The zero-order valence-electron chi connectivity index (χ0n) is 11.6. The Kier molecular flexibility index (Phi) is 6.65. The molecule has 0 heterocycles. The van der Waals surface area contributed by atoms with E-state index in [1.54, 1.807) is 7.11 Å².